The zero-order chi connectivity index (χ0) is 14.0. The van der Waals surface area contributed by atoms with Crippen molar-refractivity contribution in [2.75, 3.05) is 5.32 Å². The molecule has 0 spiro atoms. The molecule has 3 N–H and O–H groups in total. The van der Waals surface area contributed by atoms with Crippen molar-refractivity contribution in [3.63, 3.8) is 0 Å². The van der Waals surface area contributed by atoms with Gasteiger partial charge in [-0.2, -0.15) is 5.10 Å². The fourth-order valence-corrected chi connectivity index (χ4v) is 2.78. The second-order valence-corrected chi connectivity index (χ2v) is 5.59. The molecule has 0 aliphatic heterocycles. The van der Waals surface area contributed by atoms with E-state index >= 15 is 0 Å². The molecular formula is C14H24N4O. The van der Waals surface area contributed by atoms with Gasteiger partial charge in [-0.25, -0.2) is 0 Å². The Morgan fingerprint density at radius 3 is 2.63 bits per heavy atom. The van der Waals surface area contributed by atoms with Gasteiger partial charge in [-0.3, -0.25) is 9.48 Å². The molecule has 106 valence electrons. The van der Waals surface area contributed by atoms with Crippen LogP contribution in [0, 0.1) is 13.8 Å². The number of amides is 1. The van der Waals surface area contributed by atoms with Crippen LogP contribution in [-0.4, -0.2) is 21.2 Å². The van der Waals surface area contributed by atoms with Crippen LogP contribution < -0.4 is 11.1 Å². The third kappa shape index (κ3) is 2.66. The Labute approximate surface area is 114 Å². The maximum atomic E-state index is 12.3. The highest BCUT2D eigenvalue weighted by atomic mass is 16.2. The van der Waals surface area contributed by atoms with Gasteiger partial charge in [-0.05, 0) is 33.1 Å². The Bertz CT molecular complexity index is 472. The first kappa shape index (κ1) is 14.1. The van der Waals surface area contributed by atoms with Gasteiger partial charge in [0.15, 0.2) is 0 Å². The second-order valence-electron chi connectivity index (χ2n) is 5.59. The van der Waals surface area contributed by atoms with E-state index in [-0.39, 0.29) is 5.91 Å². The van der Waals surface area contributed by atoms with Gasteiger partial charge in [0.1, 0.15) is 0 Å². The number of aryl methyl sites for hydroxylation is 2. The molecular weight excluding hydrogens is 240 g/mol. The molecule has 1 aromatic heterocycles. The molecule has 1 aliphatic rings. The van der Waals surface area contributed by atoms with Gasteiger partial charge in [0, 0.05) is 6.54 Å². The predicted octanol–water partition coefficient (Wildman–Crippen LogP) is 2.12. The molecule has 0 unspecified atom stereocenters. The Morgan fingerprint density at radius 2 is 2.05 bits per heavy atom. The first-order valence-electron chi connectivity index (χ1n) is 7.12. The summed E-state index contributed by atoms with van der Waals surface area (Å²) in [5, 5.41) is 7.46. The highest BCUT2D eigenvalue weighted by molar-refractivity contribution is 5.99. The molecule has 1 heterocycles. The highest BCUT2D eigenvalue weighted by Gasteiger charge is 2.37. The zero-order valence-corrected chi connectivity index (χ0v) is 12.1. The van der Waals surface area contributed by atoms with Gasteiger partial charge in [-0.15, -0.1) is 0 Å². The third-order valence-electron chi connectivity index (χ3n) is 4.00. The zero-order valence-electron chi connectivity index (χ0n) is 12.1. The smallest absolute Gasteiger partial charge is 0.244 e. The van der Waals surface area contributed by atoms with Crippen molar-refractivity contribution in [1.29, 1.82) is 0 Å². The minimum Gasteiger partial charge on any atom is -0.321 e. The number of nitrogens with two attached hydrogens (primary N) is 1. The van der Waals surface area contributed by atoms with E-state index in [1.807, 2.05) is 18.5 Å². The third-order valence-corrected chi connectivity index (χ3v) is 4.00. The van der Waals surface area contributed by atoms with Gasteiger partial charge in [0.05, 0.1) is 22.6 Å². The molecule has 0 aromatic carbocycles. The number of nitrogens with one attached hydrogen (secondary N) is 1. The molecule has 1 fully saturated rings. The fraction of sp³-hybridized carbons (Fsp3) is 0.714. The maximum absolute atomic E-state index is 12.3. The summed E-state index contributed by atoms with van der Waals surface area (Å²) in [5.74, 6) is -0.0627. The van der Waals surface area contributed by atoms with Crippen LogP contribution in [0.1, 0.15) is 50.4 Å². The van der Waals surface area contributed by atoms with Crippen LogP contribution >= 0.6 is 0 Å². The Hall–Kier alpha value is -1.36. The largest absolute Gasteiger partial charge is 0.321 e. The van der Waals surface area contributed by atoms with Crippen LogP contribution in [0.4, 0.5) is 5.69 Å². The van der Waals surface area contributed by atoms with E-state index in [1.165, 1.54) is 0 Å². The number of rotatable bonds is 4. The number of hydrogen-bond acceptors (Lipinski definition) is 3. The summed E-state index contributed by atoms with van der Waals surface area (Å²) in [6.07, 6.45) is 4.66. The van der Waals surface area contributed by atoms with E-state index in [0.29, 0.717) is 0 Å². The molecule has 2 rings (SSSR count). The minimum absolute atomic E-state index is 0.0627. The summed E-state index contributed by atoms with van der Waals surface area (Å²) >= 11 is 0. The lowest BCUT2D eigenvalue weighted by Crippen LogP contribution is -2.48. The van der Waals surface area contributed by atoms with Crippen molar-refractivity contribution in [3.05, 3.63) is 11.4 Å². The van der Waals surface area contributed by atoms with Crippen LogP contribution in [0.15, 0.2) is 0 Å². The van der Waals surface area contributed by atoms with Gasteiger partial charge in [0.25, 0.3) is 0 Å². The van der Waals surface area contributed by atoms with Crippen LogP contribution in [0.5, 0.6) is 0 Å². The summed E-state index contributed by atoms with van der Waals surface area (Å²) in [5.41, 5.74) is 8.19. The lowest BCUT2D eigenvalue weighted by molar-refractivity contribution is -0.121. The van der Waals surface area contributed by atoms with E-state index in [0.717, 1.165) is 55.7 Å². The second kappa shape index (κ2) is 5.33. The van der Waals surface area contributed by atoms with Crippen molar-refractivity contribution >= 4 is 11.6 Å². The quantitative estimate of drug-likeness (QED) is 0.875. The standard InChI is InChI=1S/C14H24N4O/c1-4-9-18-11(3)12(10(2)17-18)16-13(19)14(15)7-5-6-8-14/h4-9,15H2,1-3H3,(H,16,19). The Morgan fingerprint density at radius 1 is 1.42 bits per heavy atom. The summed E-state index contributed by atoms with van der Waals surface area (Å²) < 4.78 is 1.95. The number of anilines is 1. The Kier molecular flexibility index (Phi) is 3.94. The lowest BCUT2D eigenvalue weighted by atomic mass is 9.98. The van der Waals surface area contributed by atoms with Gasteiger partial charge < -0.3 is 11.1 Å². The number of hydrogen-bond donors (Lipinski definition) is 2. The van der Waals surface area contributed by atoms with Gasteiger partial charge >= 0.3 is 0 Å². The predicted molar refractivity (Wildman–Crippen MR) is 76.0 cm³/mol. The summed E-state index contributed by atoms with van der Waals surface area (Å²) in [6, 6.07) is 0. The summed E-state index contributed by atoms with van der Waals surface area (Å²) in [4.78, 5) is 12.3. The van der Waals surface area contributed by atoms with Crippen molar-refractivity contribution in [2.45, 2.75) is 65.0 Å². The number of carbonyl (C=O) groups excluding carboxylic acids is 1. The number of aromatic nitrogens is 2. The minimum atomic E-state index is -0.689. The van der Waals surface area contributed by atoms with Gasteiger partial charge in [0.2, 0.25) is 5.91 Å². The van der Waals surface area contributed by atoms with E-state index in [4.69, 9.17) is 5.73 Å². The van der Waals surface area contributed by atoms with Crippen molar-refractivity contribution in [2.24, 2.45) is 5.73 Å². The topological polar surface area (TPSA) is 72.9 Å². The van der Waals surface area contributed by atoms with Crippen molar-refractivity contribution in [3.8, 4) is 0 Å². The molecule has 19 heavy (non-hydrogen) atoms. The molecule has 1 aromatic rings. The van der Waals surface area contributed by atoms with Crippen LogP contribution in [0.2, 0.25) is 0 Å². The molecule has 0 saturated heterocycles. The summed E-state index contributed by atoms with van der Waals surface area (Å²) in [6.45, 7) is 6.90. The Balaban J connectivity index is 2.17. The van der Waals surface area contributed by atoms with Crippen LogP contribution in [-0.2, 0) is 11.3 Å². The average molecular weight is 264 g/mol. The molecule has 0 atom stereocenters. The molecule has 0 radical (unpaired) electrons. The number of carbonyl (C=O) groups is 1. The average Bonchev–Trinajstić information content (AvgIpc) is 2.91. The fourth-order valence-electron chi connectivity index (χ4n) is 2.78. The molecule has 1 amide bonds. The van der Waals surface area contributed by atoms with Crippen LogP contribution in [0.25, 0.3) is 0 Å². The van der Waals surface area contributed by atoms with E-state index in [1.54, 1.807) is 0 Å². The van der Waals surface area contributed by atoms with E-state index < -0.39 is 5.54 Å². The first-order valence-corrected chi connectivity index (χ1v) is 7.12. The van der Waals surface area contributed by atoms with Crippen LogP contribution in [0.3, 0.4) is 0 Å². The number of nitrogens with zero attached hydrogens (tertiary/aromatic N) is 2. The summed E-state index contributed by atoms with van der Waals surface area (Å²) in [7, 11) is 0. The maximum Gasteiger partial charge on any atom is 0.244 e. The van der Waals surface area contributed by atoms with Gasteiger partial charge in [-0.1, -0.05) is 19.8 Å². The first-order chi connectivity index (χ1) is 8.98. The lowest BCUT2D eigenvalue weighted by Gasteiger charge is -2.22. The molecule has 5 nitrogen and oxygen atoms in total. The van der Waals surface area contributed by atoms with Crippen molar-refractivity contribution < 1.29 is 4.79 Å². The highest BCUT2D eigenvalue weighted by Crippen LogP contribution is 2.29. The normalized spacial score (nSPS) is 17.7. The SMILES string of the molecule is CCCn1nc(C)c(NC(=O)C2(N)CCCC2)c1C. The van der Waals surface area contributed by atoms with Crippen molar-refractivity contribution in [1.82, 2.24) is 9.78 Å². The van der Waals surface area contributed by atoms with E-state index in [2.05, 4.69) is 17.3 Å². The molecule has 5 heteroatoms. The van der Waals surface area contributed by atoms with E-state index in [9.17, 15) is 4.79 Å². The molecule has 1 saturated carbocycles. The monoisotopic (exact) mass is 264 g/mol. The molecule has 0 bridgehead atoms. The molecule has 1 aliphatic carbocycles.